The summed E-state index contributed by atoms with van der Waals surface area (Å²) in [5, 5.41) is 18.3. The highest BCUT2D eigenvalue weighted by molar-refractivity contribution is 7.92. The predicted molar refractivity (Wildman–Crippen MR) is 86.2 cm³/mol. The SMILES string of the molecule is Cc1ccc(C(=O)O)cc1S(=O)(=O)N(CCO)[C@H]1CCS(=O)(=O)C1. The van der Waals surface area contributed by atoms with Crippen LogP contribution in [0.1, 0.15) is 22.3 Å². The Morgan fingerprint density at radius 2 is 2.04 bits per heavy atom. The average molecular weight is 377 g/mol. The Morgan fingerprint density at radius 1 is 1.38 bits per heavy atom. The Kier molecular flexibility index (Phi) is 5.33. The van der Waals surface area contributed by atoms with Gasteiger partial charge in [-0.2, -0.15) is 4.31 Å². The molecule has 8 nitrogen and oxygen atoms in total. The number of aryl methyl sites for hydroxylation is 1. The summed E-state index contributed by atoms with van der Waals surface area (Å²) in [6, 6.07) is 2.98. The maximum atomic E-state index is 12.9. The third-order valence-corrected chi connectivity index (χ3v) is 7.80. The lowest BCUT2D eigenvalue weighted by Crippen LogP contribution is -2.43. The number of rotatable bonds is 6. The van der Waals surface area contributed by atoms with Crippen molar-refractivity contribution < 1.29 is 31.8 Å². The minimum absolute atomic E-state index is 0.108. The highest BCUT2D eigenvalue weighted by Gasteiger charge is 2.39. The highest BCUT2D eigenvalue weighted by atomic mass is 32.2. The van der Waals surface area contributed by atoms with E-state index in [9.17, 15) is 26.7 Å². The molecule has 2 rings (SSSR count). The van der Waals surface area contributed by atoms with E-state index in [1.54, 1.807) is 0 Å². The molecule has 24 heavy (non-hydrogen) atoms. The van der Waals surface area contributed by atoms with E-state index in [1.165, 1.54) is 19.1 Å². The van der Waals surface area contributed by atoms with E-state index in [-0.39, 0.29) is 34.9 Å². The van der Waals surface area contributed by atoms with Crippen LogP contribution in [-0.2, 0) is 19.9 Å². The van der Waals surface area contributed by atoms with Crippen molar-refractivity contribution >= 4 is 25.8 Å². The van der Waals surface area contributed by atoms with E-state index in [2.05, 4.69) is 0 Å². The Balaban J connectivity index is 2.49. The van der Waals surface area contributed by atoms with E-state index >= 15 is 0 Å². The van der Waals surface area contributed by atoms with Gasteiger partial charge < -0.3 is 10.2 Å². The van der Waals surface area contributed by atoms with Crippen LogP contribution in [0.2, 0.25) is 0 Å². The second-order valence-electron chi connectivity index (χ2n) is 5.68. The van der Waals surface area contributed by atoms with Crippen molar-refractivity contribution in [3.8, 4) is 0 Å². The van der Waals surface area contributed by atoms with Gasteiger partial charge in [0, 0.05) is 12.6 Å². The molecule has 2 N–H and O–H groups in total. The molecule has 1 aliphatic heterocycles. The van der Waals surface area contributed by atoms with Gasteiger partial charge in [0.2, 0.25) is 10.0 Å². The average Bonchev–Trinajstić information content (AvgIpc) is 2.84. The van der Waals surface area contributed by atoms with Gasteiger partial charge in [-0.15, -0.1) is 0 Å². The van der Waals surface area contributed by atoms with Crippen LogP contribution in [0.4, 0.5) is 0 Å². The molecule has 1 heterocycles. The molecule has 10 heteroatoms. The van der Waals surface area contributed by atoms with Gasteiger partial charge in [0.25, 0.3) is 0 Å². The highest BCUT2D eigenvalue weighted by Crippen LogP contribution is 2.27. The first-order chi connectivity index (χ1) is 11.1. The Labute approximate surface area is 140 Å². The standard InChI is InChI=1S/C14H19NO7S2/c1-10-2-3-11(14(17)18)8-13(10)24(21,22)15(5-6-16)12-4-7-23(19,20)9-12/h2-3,8,12,16H,4-7,9H2,1H3,(H,17,18)/t12-/m0/s1. The molecule has 1 fully saturated rings. The van der Waals surface area contributed by atoms with Gasteiger partial charge >= 0.3 is 5.97 Å². The second kappa shape index (κ2) is 6.79. The van der Waals surface area contributed by atoms with Gasteiger partial charge in [-0.05, 0) is 31.0 Å². The van der Waals surface area contributed by atoms with Crippen molar-refractivity contribution in [2.24, 2.45) is 0 Å². The van der Waals surface area contributed by atoms with E-state index in [0.29, 0.717) is 5.56 Å². The number of aromatic carboxylic acids is 1. The van der Waals surface area contributed by atoms with Crippen molar-refractivity contribution in [2.45, 2.75) is 24.3 Å². The molecule has 0 aliphatic carbocycles. The Morgan fingerprint density at radius 3 is 2.54 bits per heavy atom. The minimum atomic E-state index is -4.14. The molecule has 1 aromatic carbocycles. The number of sulfone groups is 1. The third-order valence-electron chi connectivity index (χ3n) is 3.96. The number of carbonyl (C=O) groups is 1. The van der Waals surface area contributed by atoms with Gasteiger partial charge in [0.15, 0.2) is 9.84 Å². The maximum Gasteiger partial charge on any atom is 0.335 e. The lowest BCUT2D eigenvalue weighted by Gasteiger charge is -2.27. The van der Waals surface area contributed by atoms with Crippen molar-refractivity contribution in [3.63, 3.8) is 0 Å². The summed E-state index contributed by atoms with van der Waals surface area (Å²) < 4.78 is 50.2. The number of nitrogens with zero attached hydrogens (tertiary/aromatic N) is 1. The quantitative estimate of drug-likeness (QED) is 0.706. The first-order valence-electron chi connectivity index (χ1n) is 7.25. The zero-order valence-electron chi connectivity index (χ0n) is 13.0. The van der Waals surface area contributed by atoms with E-state index in [0.717, 1.165) is 10.4 Å². The molecular weight excluding hydrogens is 358 g/mol. The van der Waals surface area contributed by atoms with Gasteiger partial charge in [-0.25, -0.2) is 21.6 Å². The molecule has 134 valence electrons. The normalized spacial score (nSPS) is 20.4. The number of aliphatic hydroxyl groups is 1. The molecular formula is C14H19NO7S2. The summed E-state index contributed by atoms with van der Waals surface area (Å²) >= 11 is 0. The minimum Gasteiger partial charge on any atom is -0.478 e. The van der Waals surface area contributed by atoms with Crippen LogP contribution in [0, 0.1) is 6.92 Å². The van der Waals surface area contributed by atoms with Gasteiger partial charge in [0.05, 0.1) is 28.6 Å². The summed E-state index contributed by atoms with van der Waals surface area (Å²) in [7, 11) is -7.45. The molecule has 0 amide bonds. The fraction of sp³-hybridized carbons (Fsp3) is 0.500. The zero-order chi connectivity index (χ0) is 18.1. The van der Waals surface area contributed by atoms with Gasteiger partial charge in [-0.1, -0.05) is 6.07 Å². The lowest BCUT2D eigenvalue weighted by molar-refractivity contribution is 0.0696. The van der Waals surface area contributed by atoms with Crippen LogP contribution in [0.25, 0.3) is 0 Å². The molecule has 0 spiro atoms. The molecule has 1 saturated heterocycles. The van der Waals surface area contributed by atoms with E-state index in [4.69, 9.17) is 5.11 Å². The predicted octanol–water partition coefficient (Wildman–Crippen LogP) is -0.137. The van der Waals surface area contributed by atoms with Crippen molar-refractivity contribution in [1.29, 1.82) is 0 Å². The third kappa shape index (κ3) is 3.77. The monoisotopic (exact) mass is 377 g/mol. The Bertz CT molecular complexity index is 846. The molecule has 0 radical (unpaired) electrons. The zero-order valence-corrected chi connectivity index (χ0v) is 14.7. The number of hydrogen-bond acceptors (Lipinski definition) is 6. The van der Waals surface area contributed by atoms with Crippen LogP contribution < -0.4 is 0 Å². The number of carboxylic acid groups (broad SMARTS) is 1. The molecule has 1 aliphatic rings. The first kappa shape index (κ1) is 18.8. The molecule has 0 aromatic heterocycles. The second-order valence-corrected chi connectivity index (χ2v) is 9.77. The summed E-state index contributed by atoms with van der Waals surface area (Å²) in [6.45, 7) is 0.813. The number of aliphatic hydroxyl groups excluding tert-OH is 1. The van der Waals surface area contributed by atoms with E-state index in [1.807, 2.05) is 0 Å². The number of carboxylic acids is 1. The summed E-state index contributed by atoms with van der Waals surface area (Å²) in [4.78, 5) is 10.9. The largest absolute Gasteiger partial charge is 0.478 e. The molecule has 0 bridgehead atoms. The van der Waals surface area contributed by atoms with Crippen LogP contribution in [0.3, 0.4) is 0 Å². The van der Waals surface area contributed by atoms with Crippen LogP contribution in [0.5, 0.6) is 0 Å². The maximum absolute atomic E-state index is 12.9. The van der Waals surface area contributed by atoms with Crippen LogP contribution >= 0.6 is 0 Å². The van der Waals surface area contributed by atoms with Gasteiger partial charge in [-0.3, -0.25) is 0 Å². The number of benzene rings is 1. The number of hydrogen-bond donors (Lipinski definition) is 2. The Hall–Kier alpha value is -1.49. The summed E-state index contributed by atoms with van der Waals surface area (Å²) in [6.07, 6.45) is 0.152. The first-order valence-corrected chi connectivity index (χ1v) is 10.5. The summed E-state index contributed by atoms with van der Waals surface area (Å²) in [5.41, 5.74) is 0.172. The molecule has 1 aromatic rings. The fourth-order valence-electron chi connectivity index (χ4n) is 2.74. The van der Waals surface area contributed by atoms with Crippen LogP contribution in [-0.4, -0.2) is 68.0 Å². The molecule has 1 atom stereocenters. The topological polar surface area (TPSA) is 129 Å². The smallest absolute Gasteiger partial charge is 0.335 e. The number of sulfonamides is 1. The van der Waals surface area contributed by atoms with Crippen molar-refractivity contribution in [2.75, 3.05) is 24.7 Å². The van der Waals surface area contributed by atoms with Crippen molar-refractivity contribution in [3.05, 3.63) is 29.3 Å². The van der Waals surface area contributed by atoms with Crippen LogP contribution in [0.15, 0.2) is 23.1 Å². The lowest BCUT2D eigenvalue weighted by atomic mass is 10.1. The molecule has 0 saturated carbocycles. The molecule has 0 unspecified atom stereocenters. The van der Waals surface area contributed by atoms with Gasteiger partial charge in [0.1, 0.15) is 0 Å². The fourth-order valence-corrected chi connectivity index (χ4v) is 6.46. The van der Waals surface area contributed by atoms with Crippen molar-refractivity contribution in [1.82, 2.24) is 4.31 Å². The summed E-state index contributed by atoms with van der Waals surface area (Å²) in [5.74, 6) is -1.67. The van der Waals surface area contributed by atoms with E-state index < -0.39 is 38.5 Å².